The van der Waals surface area contributed by atoms with Gasteiger partial charge in [0, 0.05) is 9.79 Å². The molecule has 5 nitrogen and oxygen atoms in total. The van der Waals surface area contributed by atoms with Crippen LogP contribution in [0.15, 0.2) is 58.3 Å². The second-order valence-electron chi connectivity index (χ2n) is 4.65. The molecule has 0 N–H and O–H groups in total. The molecule has 0 amide bonds. The molecule has 0 radical (unpaired) electrons. The van der Waals surface area contributed by atoms with E-state index in [9.17, 15) is 16.8 Å². The molecule has 2 aromatic carbocycles. The number of hydrogen-bond donors (Lipinski definition) is 0. The Hall–Kier alpha value is -0.960. The first kappa shape index (κ1) is 19.1. The maximum absolute atomic E-state index is 12.1. The zero-order chi connectivity index (χ0) is 15.7. The van der Waals surface area contributed by atoms with Crippen LogP contribution in [0.5, 0.6) is 0 Å². The third-order valence-electron chi connectivity index (χ3n) is 2.83. The zero-order valence-electron chi connectivity index (χ0n) is 11.8. The fraction of sp³-hybridized carbons (Fsp3) is 0.143. The number of hydrogen-bond acceptors (Lipinski definition) is 4. The Bertz CT molecular complexity index is 769. The number of sulfonamides is 2. The molecule has 0 bridgehead atoms. The Kier molecular flexibility index (Phi) is 6.14. The molecule has 2 rings (SSSR count). The van der Waals surface area contributed by atoms with E-state index < -0.39 is 20.0 Å². The van der Waals surface area contributed by atoms with Gasteiger partial charge in [-0.2, -0.15) is 0 Å². The summed E-state index contributed by atoms with van der Waals surface area (Å²) in [5, 5.41) is 0. The van der Waals surface area contributed by atoms with Gasteiger partial charge in [0.05, 0.1) is 0 Å². The van der Waals surface area contributed by atoms with Gasteiger partial charge in [0.15, 0.2) is 0 Å². The quantitative estimate of drug-likeness (QED) is 0.580. The van der Waals surface area contributed by atoms with Crippen LogP contribution in [-0.2, 0) is 42.4 Å². The van der Waals surface area contributed by atoms with Crippen molar-refractivity contribution in [3.63, 3.8) is 0 Å². The Labute approximate surface area is 146 Å². The first-order valence-electron chi connectivity index (χ1n) is 6.08. The van der Waals surface area contributed by atoms with Crippen molar-refractivity contribution in [2.24, 2.45) is 0 Å². The molecule has 0 atom stereocenters. The average molecular weight is 521 g/mol. The van der Waals surface area contributed by atoms with E-state index in [1.54, 1.807) is 38.1 Å². The van der Waals surface area contributed by atoms with Crippen LogP contribution in [0.1, 0.15) is 11.1 Å². The molecule has 0 unspecified atom stereocenters. The van der Waals surface area contributed by atoms with Gasteiger partial charge in [0.1, 0.15) is 20.0 Å². The largest absolute Gasteiger partial charge is 1.00 e. The molecule has 0 fully saturated rings. The van der Waals surface area contributed by atoms with E-state index in [4.69, 9.17) is 0 Å². The smallest absolute Gasteiger partial charge is 0.428 e. The summed E-state index contributed by atoms with van der Waals surface area (Å²) in [4.78, 5) is -0.299. The molecule has 0 heterocycles. The maximum atomic E-state index is 12.1. The molecule has 0 saturated carbocycles. The predicted molar refractivity (Wildman–Crippen MR) is 80.1 cm³/mol. The maximum Gasteiger partial charge on any atom is 1.00 e. The summed E-state index contributed by atoms with van der Waals surface area (Å²) in [6, 6.07) is 11.7. The van der Waals surface area contributed by atoms with Crippen molar-refractivity contribution in [3.8, 4) is 0 Å². The third kappa shape index (κ3) is 4.52. The van der Waals surface area contributed by atoms with E-state index in [1.807, 2.05) is 0 Å². The van der Waals surface area contributed by atoms with E-state index in [-0.39, 0.29) is 32.2 Å². The van der Waals surface area contributed by atoms with E-state index >= 15 is 0 Å². The monoisotopic (exact) mass is 521 g/mol. The molecule has 8 heteroatoms. The van der Waals surface area contributed by atoms with Crippen molar-refractivity contribution in [3.05, 3.63) is 63.8 Å². The standard InChI is InChI=1S/C14H14NO4S2.Au/c1-11-3-7-13(8-4-11)20(16,17)15-21(18,19)14-9-5-12(2)6-10-14;/h3-10H,1-2H3;/q-1;+1. The first-order chi connectivity index (χ1) is 9.71. The van der Waals surface area contributed by atoms with E-state index in [1.165, 1.54) is 24.3 Å². The van der Waals surface area contributed by atoms with Crippen LogP contribution >= 0.6 is 0 Å². The summed E-state index contributed by atoms with van der Waals surface area (Å²) in [5.41, 5.74) is 1.74. The SMILES string of the molecule is Cc1ccc(S(=O)(=O)[N-]S(=O)(=O)c2ccc(C)cc2)cc1.[Au+]. The predicted octanol–water partition coefficient (Wildman–Crippen LogP) is 2.75. The van der Waals surface area contributed by atoms with Crippen LogP contribution in [0.4, 0.5) is 0 Å². The minimum Gasteiger partial charge on any atom is -0.428 e. The molecular formula is C14H14AuNO4S2. The van der Waals surface area contributed by atoms with Crippen molar-refractivity contribution < 1.29 is 39.2 Å². The van der Waals surface area contributed by atoms with Crippen molar-refractivity contribution >= 4 is 20.0 Å². The van der Waals surface area contributed by atoms with Crippen LogP contribution in [-0.4, -0.2) is 16.8 Å². The molecule has 0 spiro atoms. The summed E-state index contributed by atoms with van der Waals surface area (Å²) in [5.74, 6) is 0. The number of aryl methyl sites for hydroxylation is 2. The van der Waals surface area contributed by atoms with Gasteiger partial charge in [0.25, 0.3) is 0 Å². The van der Waals surface area contributed by atoms with Gasteiger partial charge in [-0.05, 0) is 38.1 Å². The van der Waals surface area contributed by atoms with Gasteiger partial charge in [-0.15, -0.1) is 0 Å². The molecule has 0 aliphatic carbocycles. The Morgan fingerprint density at radius 1 is 0.636 bits per heavy atom. The molecule has 0 saturated heterocycles. The topological polar surface area (TPSA) is 82.4 Å². The second kappa shape index (κ2) is 7.08. The molecule has 22 heavy (non-hydrogen) atoms. The van der Waals surface area contributed by atoms with Crippen molar-refractivity contribution in [2.45, 2.75) is 23.6 Å². The number of rotatable bonds is 4. The average Bonchev–Trinajstić information content (AvgIpc) is 2.38. The number of nitrogens with zero attached hydrogens (tertiary/aromatic N) is 1. The minimum atomic E-state index is -4.26. The summed E-state index contributed by atoms with van der Waals surface area (Å²) < 4.78 is 51.3. The zero-order valence-corrected chi connectivity index (χ0v) is 15.6. The molecule has 0 aliphatic heterocycles. The van der Waals surface area contributed by atoms with Gasteiger partial charge in [-0.1, -0.05) is 35.4 Å². The van der Waals surface area contributed by atoms with Crippen molar-refractivity contribution in [1.29, 1.82) is 0 Å². The third-order valence-corrected chi connectivity index (χ3v) is 6.14. The molecular weight excluding hydrogens is 507 g/mol. The fourth-order valence-electron chi connectivity index (χ4n) is 1.64. The van der Waals surface area contributed by atoms with Gasteiger partial charge < -0.3 is 4.13 Å². The second-order valence-corrected chi connectivity index (χ2v) is 8.09. The Morgan fingerprint density at radius 2 is 0.909 bits per heavy atom. The van der Waals surface area contributed by atoms with E-state index in [2.05, 4.69) is 4.13 Å². The van der Waals surface area contributed by atoms with Crippen LogP contribution in [0.3, 0.4) is 0 Å². The van der Waals surface area contributed by atoms with Crippen LogP contribution in [0, 0.1) is 13.8 Å². The first-order valence-corrected chi connectivity index (χ1v) is 8.96. The normalized spacial score (nSPS) is 11.7. The van der Waals surface area contributed by atoms with Gasteiger partial charge >= 0.3 is 22.4 Å². The van der Waals surface area contributed by atoms with Gasteiger partial charge in [-0.3, -0.25) is 0 Å². The fourth-order valence-corrected chi connectivity index (χ4v) is 4.32. The summed E-state index contributed by atoms with van der Waals surface area (Å²) in [6.45, 7) is 3.60. The molecule has 122 valence electrons. The van der Waals surface area contributed by atoms with E-state index in [0.29, 0.717) is 0 Å². The molecule has 2 aromatic rings. The summed E-state index contributed by atoms with van der Waals surface area (Å²) in [7, 11) is -8.51. The van der Waals surface area contributed by atoms with Crippen molar-refractivity contribution in [2.75, 3.05) is 0 Å². The Morgan fingerprint density at radius 3 is 1.18 bits per heavy atom. The van der Waals surface area contributed by atoms with Gasteiger partial charge in [-0.25, -0.2) is 16.8 Å². The van der Waals surface area contributed by atoms with E-state index in [0.717, 1.165) is 11.1 Å². The molecule has 0 aromatic heterocycles. The minimum absolute atomic E-state index is 0. The number of benzene rings is 2. The van der Waals surface area contributed by atoms with Crippen molar-refractivity contribution in [1.82, 2.24) is 0 Å². The van der Waals surface area contributed by atoms with Crippen LogP contribution in [0.2, 0.25) is 0 Å². The summed E-state index contributed by atoms with van der Waals surface area (Å²) in [6.07, 6.45) is 0. The Balaban J connectivity index is 0.00000242. The van der Waals surface area contributed by atoms with Crippen LogP contribution in [0.25, 0.3) is 4.13 Å². The van der Waals surface area contributed by atoms with Crippen LogP contribution < -0.4 is 0 Å². The molecule has 0 aliphatic rings. The van der Waals surface area contributed by atoms with Gasteiger partial charge in [0.2, 0.25) is 0 Å². The summed E-state index contributed by atoms with van der Waals surface area (Å²) >= 11 is 0.